The molecule has 3 aromatic rings. The molecule has 0 heterocycles. The van der Waals surface area contributed by atoms with Crippen molar-refractivity contribution in [1.82, 2.24) is 0 Å². The van der Waals surface area contributed by atoms with Crippen LogP contribution >= 0.6 is 20.4 Å². The fraction of sp³-hybridized carbons (Fsp3) is 0.447. The SMILES string of the molecule is CCCCCCc1cc(N=C(CC)C(C)=[C](c2cc(CC)c(CCCC)c(-c3ccccc3)c2)[Ni]([Cl])[Cl])cc(C)c1C. The Morgan fingerprint density at radius 3 is 2.12 bits per heavy atom. The van der Waals surface area contributed by atoms with Crippen molar-refractivity contribution in [3.05, 3.63) is 93.6 Å². The van der Waals surface area contributed by atoms with E-state index < -0.39 is 11.6 Å². The fourth-order valence-corrected chi connectivity index (χ4v) is 7.83. The van der Waals surface area contributed by atoms with Gasteiger partial charge in [-0.1, -0.05) is 6.92 Å². The van der Waals surface area contributed by atoms with Gasteiger partial charge in [-0.3, -0.25) is 0 Å². The molecular weight excluding hydrogens is 600 g/mol. The van der Waals surface area contributed by atoms with Gasteiger partial charge in [0.2, 0.25) is 0 Å². The Balaban J connectivity index is 2.16. The molecule has 0 aliphatic carbocycles. The van der Waals surface area contributed by atoms with Crippen LogP contribution in [0.5, 0.6) is 0 Å². The third-order valence-electron chi connectivity index (χ3n) is 8.34. The van der Waals surface area contributed by atoms with Crippen molar-refractivity contribution in [2.24, 2.45) is 4.99 Å². The summed E-state index contributed by atoms with van der Waals surface area (Å²) in [4.78, 5) is 5.24. The monoisotopic (exact) mass is 648 g/mol. The maximum atomic E-state index is 6.84. The minimum atomic E-state index is -1.13. The first-order valence-corrected chi connectivity index (χ1v) is 19.0. The van der Waals surface area contributed by atoms with E-state index in [1.54, 1.807) is 0 Å². The topological polar surface area (TPSA) is 12.4 Å². The second kappa shape index (κ2) is 17.4. The summed E-state index contributed by atoms with van der Waals surface area (Å²) in [6, 6.07) is 19.9. The molecule has 0 saturated heterocycles. The van der Waals surface area contributed by atoms with E-state index in [2.05, 4.69) is 103 Å². The zero-order valence-electron chi connectivity index (χ0n) is 26.8. The van der Waals surface area contributed by atoms with Gasteiger partial charge in [0.25, 0.3) is 0 Å². The zero-order chi connectivity index (χ0) is 30.6. The number of unbranched alkanes of at least 4 members (excludes halogenated alkanes) is 4. The van der Waals surface area contributed by atoms with Crippen LogP contribution < -0.4 is 0 Å². The molecule has 0 radical (unpaired) electrons. The maximum absolute atomic E-state index is 6.84. The van der Waals surface area contributed by atoms with Crippen molar-refractivity contribution in [3.8, 4) is 11.1 Å². The van der Waals surface area contributed by atoms with E-state index >= 15 is 0 Å². The van der Waals surface area contributed by atoms with Crippen LogP contribution in [0.1, 0.15) is 113 Å². The molecule has 0 spiro atoms. The van der Waals surface area contributed by atoms with Crippen LogP contribution in [0.4, 0.5) is 5.69 Å². The summed E-state index contributed by atoms with van der Waals surface area (Å²) in [6.07, 6.45) is 11.4. The quantitative estimate of drug-likeness (QED) is 0.0882. The summed E-state index contributed by atoms with van der Waals surface area (Å²) >= 11 is -1.13. The van der Waals surface area contributed by atoms with Crippen molar-refractivity contribution in [1.29, 1.82) is 0 Å². The van der Waals surface area contributed by atoms with Crippen LogP contribution in [0, 0.1) is 13.8 Å². The molecule has 0 unspecified atom stereocenters. The first-order valence-electron chi connectivity index (χ1n) is 15.8. The molecule has 0 aliphatic rings. The Hall–Kier alpha value is -1.86. The number of rotatable bonds is 15. The molecule has 0 amide bonds. The van der Waals surface area contributed by atoms with Crippen molar-refractivity contribution >= 4 is 36.3 Å². The summed E-state index contributed by atoms with van der Waals surface area (Å²) in [6.45, 7) is 15.6. The summed E-state index contributed by atoms with van der Waals surface area (Å²) in [7, 11) is 13.7. The summed E-state index contributed by atoms with van der Waals surface area (Å²) in [5, 5.41) is 0. The zero-order valence-corrected chi connectivity index (χ0v) is 29.3. The Labute approximate surface area is 269 Å². The second-order valence-corrected chi connectivity index (χ2v) is 14.8. The van der Waals surface area contributed by atoms with E-state index in [1.807, 2.05) is 0 Å². The molecule has 0 bridgehead atoms. The van der Waals surface area contributed by atoms with Crippen LogP contribution in [0.25, 0.3) is 15.7 Å². The third kappa shape index (κ3) is 9.08. The molecule has 4 heteroatoms. The van der Waals surface area contributed by atoms with E-state index in [4.69, 9.17) is 25.4 Å². The second-order valence-electron chi connectivity index (χ2n) is 11.3. The fourth-order valence-electron chi connectivity index (χ4n) is 5.74. The summed E-state index contributed by atoms with van der Waals surface area (Å²) < 4.78 is 0.997. The predicted molar refractivity (Wildman–Crippen MR) is 185 cm³/mol. The van der Waals surface area contributed by atoms with Crippen molar-refractivity contribution < 1.29 is 11.6 Å². The average molecular weight is 650 g/mol. The molecule has 0 atom stereocenters. The van der Waals surface area contributed by atoms with Gasteiger partial charge >= 0.3 is 263 Å². The van der Waals surface area contributed by atoms with Crippen LogP contribution in [0.15, 0.2) is 65.2 Å². The average Bonchev–Trinajstić information content (AvgIpc) is 2.99. The Kier molecular flexibility index (Phi) is 14.4. The number of hydrogen-bond donors (Lipinski definition) is 0. The van der Waals surface area contributed by atoms with E-state index in [0.717, 1.165) is 52.8 Å². The van der Waals surface area contributed by atoms with Crippen LogP contribution in [-0.2, 0) is 30.9 Å². The van der Waals surface area contributed by atoms with Crippen LogP contribution in [-0.4, -0.2) is 5.71 Å². The van der Waals surface area contributed by atoms with Gasteiger partial charge in [0, 0.05) is 0 Å². The van der Waals surface area contributed by atoms with Gasteiger partial charge in [-0.15, -0.1) is 0 Å². The van der Waals surface area contributed by atoms with Gasteiger partial charge in [0.1, 0.15) is 0 Å². The molecular formula is C38H50Cl2NNi. The first kappa shape index (κ1) is 34.6. The standard InChI is InChI=1S/C38H50N.2ClH.Ni/c1-8-12-14-16-21-34-27-35(24-28(5)30(34)7)39-38(11-4)29(6)23-31-25-32(10-3)36(22-13-9-2)37(26-31)33-19-17-15-18-20-33;;;/h15,17-20,24-27H,8-14,16,21-22H2,1-7H3;2*1H;/q;;;+2/p-2. The van der Waals surface area contributed by atoms with Crippen molar-refractivity contribution in [2.45, 2.75) is 113 Å². The number of hydrogen-bond acceptors (Lipinski definition) is 1. The molecule has 3 rings (SSSR count). The Morgan fingerprint density at radius 1 is 0.786 bits per heavy atom. The van der Waals surface area contributed by atoms with Gasteiger partial charge in [-0.05, 0) is 0 Å². The van der Waals surface area contributed by atoms with Crippen molar-refractivity contribution in [2.75, 3.05) is 0 Å². The van der Waals surface area contributed by atoms with Gasteiger partial charge < -0.3 is 0 Å². The van der Waals surface area contributed by atoms with Crippen molar-refractivity contribution in [3.63, 3.8) is 0 Å². The van der Waals surface area contributed by atoms with Crippen LogP contribution in [0.3, 0.4) is 0 Å². The van der Waals surface area contributed by atoms with E-state index in [0.29, 0.717) is 0 Å². The molecule has 0 fully saturated rings. The number of nitrogens with zero attached hydrogens (tertiary/aromatic N) is 1. The molecule has 42 heavy (non-hydrogen) atoms. The van der Waals surface area contributed by atoms with E-state index in [-0.39, 0.29) is 0 Å². The normalized spacial score (nSPS) is 12.9. The molecule has 0 N–H and O–H groups in total. The Morgan fingerprint density at radius 2 is 1.50 bits per heavy atom. The number of halogens is 2. The van der Waals surface area contributed by atoms with Gasteiger partial charge in [0.05, 0.1) is 0 Å². The molecule has 231 valence electrons. The third-order valence-corrected chi connectivity index (χ3v) is 10.4. The van der Waals surface area contributed by atoms with Gasteiger partial charge in [0.15, 0.2) is 0 Å². The molecule has 1 nitrogen and oxygen atoms in total. The molecule has 3 aromatic carbocycles. The van der Waals surface area contributed by atoms with Gasteiger partial charge in [-0.2, -0.15) is 0 Å². The number of aliphatic imine (C=N–C) groups is 1. The number of aryl methyl sites for hydroxylation is 3. The first-order chi connectivity index (χ1) is 20.2. The molecule has 0 aromatic heterocycles. The number of allylic oxidation sites excluding steroid dienone is 1. The minimum absolute atomic E-state index is 0.808. The predicted octanol–water partition coefficient (Wildman–Crippen LogP) is 12.8. The van der Waals surface area contributed by atoms with E-state index in [1.165, 1.54) is 77.5 Å². The van der Waals surface area contributed by atoms with Gasteiger partial charge in [-0.25, -0.2) is 0 Å². The summed E-state index contributed by atoms with van der Waals surface area (Å²) in [5.41, 5.74) is 13.7. The summed E-state index contributed by atoms with van der Waals surface area (Å²) in [5.74, 6) is 0. The molecule has 0 aliphatic heterocycles. The van der Waals surface area contributed by atoms with E-state index in [9.17, 15) is 0 Å². The number of benzene rings is 3. The van der Waals surface area contributed by atoms with Crippen LogP contribution in [0.2, 0.25) is 0 Å². The Bertz CT molecular complexity index is 1370. The molecule has 0 saturated carbocycles.